The van der Waals surface area contributed by atoms with E-state index in [0.717, 1.165) is 37.8 Å². The molecular weight excluding hydrogens is 290 g/mol. The first-order valence-corrected chi connectivity index (χ1v) is 7.33. The van der Waals surface area contributed by atoms with Crippen LogP contribution >= 0.6 is 11.6 Å². The smallest absolute Gasteiger partial charge is 0.207 e. The van der Waals surface area contributed by atoms with Gasteiger partial charge in [0.05, 0.1) is 17.8 Å². The molecule has 0 saturated heterocycles. The zero-order valence-corrected chi connectivity index (χ0v) is 13.1. The van der Waals surface area contributed by atoms with Gasteiger partial charge in [0.15, 0.2) is 0 Å². The van der Waals surface area contributed by atoms with Crippen molar-refractivity contribution in [2.75, 3.05) is 32.2 Å². The summed E-state index contributed by atoms with van der Waals surface area (Å²) in [6.45, 7) is 4.30. The molecule has 0 radical (unpaired) electrons. The fraction of sp³-hybridized carbons (Fsp3) is 0.400. The SMILES string of the molecule is CCOCCCNc1nccn1-c1ccc(OC)c(Cl)c1. The van der Waals surface area contributed by atoms with Crippen LogP contribution in [0.1, 0.15) is 13.3 Å². The van der Waals surface area contributed by atoms with Gasteiger partial charge >= 0.3 is 0 Å². The van der Waals surface area contributed by atoms with Crippen molar-refractivity contribution in [1.82, 2.24) is 9.55 Å². The number of benzene rings is 1. The Morgan fingerprint density at radius 3 is 2.95 bits per heavy atom. The molecule has 2 rings (SSSR count). The second kappa shape index (κ2) is 7.90. The van der Waals surface area contributed by atoms with Crippen LogP contribution in [0.5, 0.6) is 5.75 Å². The number of nitrogens with zero attached hydrogens (tertiary/aromatic N) is 2. The summed E-state index contributed by atoms with van der Waals surface area (Å²) in [5.41, 5.74) is 0.936. The van der Waals surface area contributed by atoms with Crippen molar-refractivity contribution in [3.63, 3.8) is 0 Å². The molecule has 0 atom stereocenters. The molecule has 0 aliphatic heterocycles. The molecular formula is C15H20ClN3O2. The van der Waals surface area contributed by atoms with Gasteiger partial charge in [0.2, 0.25) is 5.95 Å². The summed E-state index contributed by atoms with van der Waals surface area (Å²) in [7, 11) is 1.60. The van der Waals surface area contributed by atoms with E-state index in [0.29, 0.717) is 10.8 Å². The number of anilines is 1. The fourth-order valence-electron chi connectivity index (χ4n) is 1.97. The number of aromatic nitrogens is 2. The van der Waals surface area contributed by atoms with Crippen LogP contribution in [-0.2, 0) is 4.74 Å². The minimum Gasteiger partial charge on any atom is -0.495 e. The lowest BCUT2D eigenvalue weighted by atomic mass is 10.3. The molecule has 0 saturated carbocycles. The molecule has 0 aliphatic carbocycles. The van der Waals surface area contributed by atoms with E-state index < -0.39 is 0 Å². The molecule has 0 unspecified atom stereocenters. The molecule has 5 nitrogen and oxygen atoms in total. The number of rotatable bonds is 8. The van der Waals surface area contributed by atoms with E-state index in [1.165, 1.54) is 0 Å². The molecule has 0 bridgehead atoms. The second-order valence-electron chi connectivity index (χ2n) is 4.42. The van der Waals surface area contributed by atoms with Crippen LogP contribution < -0.4 is 10.1 Å². The van der Waals surface area contributed by atoms with Gasteiger partial charge in [-0.05, 0) is 31.5 Å². The maximum Gasteiger partial charge on any atom is 0.207 e. The molecule has 1 N–H and O–H groups in total. The maximum absolute atomic E-state index is 6.16. The van der Waals surface area contributed by atoms with Crippen molar-refractivity contribution in [1.29, 1.82) is 0 Å². The number of imidazole rings is 1. The summed E-state index contributed by atoms with van der Waals surface area (Å²) in [5.74, 6) is 1.44. The number of nitrogens with one attached hydrogen (secondary N) is 1. The molecule has 2 aromatic rings. The normalized spacial score (nSPS) is 10.6. The molecule has 0 spiro atoms. The lowest BCUT2D eigenvalue weighted by Crippen LogP contribution is -2.10. The Balaban J connectivity index is 2.04. The monoisotopic (exact) mass is 309 g/mol. The summed E-state index contributed by atoms with van der Waals surface area (Å²) >= 11 is 6.16. The third-order valence-electron chi connectivity index (χ3n) is 3.01. The lowest BCUT2D eigenvalue weighted by molar-refractivity contribution is 0.147. The van der Waals surface area contributed by atoms with Gasteiger partial charge < -0.3 is 14.8 Å². The highest BCUT2D eigenvalue weighted by Crippen LogP contribution is 2.27. The topological polar surface area (TPSA) is 48.3 Å². The molecule has 114 valence electrons. The van der Waals surface area contributed by atoms with Crippen molar-refractivity contribution in [2.45, 2.75) is 13.3 Å². The minimum atomic E-state index is 0.575. The van der Waals surface area contributed by atoms with E-state index in [-0.39, 0.29) is 0 Å². The first kappa shape index (κ1) is 15.7. The Bertz CT molecular complexity index is 572. The van der Waals surface area contributed by atoms with E-state index in [1.807, 2.05) is 35.9 Å². The first-order chi connectivity index (χ1) is 10.3. The van der Waals surface area contributed by atoms with E-state index in [2.05, 4.69) is 10.3 Å². The third-order valence-corrected chi connectivity index (χ3v) is 3.30. The van der Waals surface area contributed by atoms with Crippen molar-refractivity contribution < 1.29 is 9.47 Å². The average Bonchev–Trinajstić information content (AvgIpc) is 2.95. The van der Waals surface area contributed by atoms with Crippen LogP contribution in [0.15, 0.2) is 30.6 Å². The second-order valence-corrected chi connectivity index (χ2v) is 4.82. The highest BCUT2D eigenvalue weighted by atomic mass is 35.5. The largest absolute Gasteiger partial charge is 0.495 e. The Morgan fingerprint density at radius 2 is 2.24 bits per heavy atom. The Labute approximate surface area is 129 Å². The molecule has 0 aliphatic rings. The predicted octanol–water partition coefficient (Wildman–Crippen LogP) is 3.37. The molecule has 0 fully saturated rings. The van der Waals surface area contributed by atoms with Crippen LogP contribution in [-0.4, -0.2) is 36.4 Å². The molecule has 0 amide bonds. The predicted molar refractivity (Wildman–Crippen MR) is 84.7 cm³/mol. The van der Waals surface area contributed by atoms with Gasteiger partial charge in [-0.3, -0.25) is 4.57 Å². The molecule has 1 heterocycles. The van der Waals surface area contributed by atoms with Gasteiger partial charge in [-0.2, -0.15) is 0 Å². The van der Waals surface area contributed by atoms with E-state index in [4.69, 9.17) is 21.1 Å². The van der Waals surface area contributed by atoms with Gasteiger partial charge in [0.25, 0.3) is 0 Å². The van der Waals surface area contributed by atoms with E-state index in [9.17, 15) is 0 Å². The highest BCUT2D eigenvalue weighted by Gasteiger charge is 2.07. The van der Waals surface area contributed by atoms with E-state index >= 15 is 0 Å². The molecule has 1 aromatic heterocycles. The van der Waals surface area contributed by atoms with Crippen LogP contribution in [0.2, 0.25) is 5.02 Å². The Hall–Kier alpha value is -1.72. The number of methoxy groups -OCH3 is 1. The number of hydrogen-bond acceptors (Lipinski definition) is 4. The third kappa shape index (κ3) is 4.12. The minimum absolute atomic E-state index is 0.575. The zero-order chi connectivity index (χ0) is 15.1. The maximum atomic E-state index is 6.16. The molecule has 21 heavy (non-hydrogen) atoms. The van der Waals surface area contributed by atoms with Crippen molar-refractivity contribution in [3.05, 3.63) is 35.6 Å². The van der Waals surface area contributed by atoms with Gasteiger partial charge in [0.1, 0.15) is 5.75 Å². The Kier molecular flexibility index (Phi) is 5.90. The fourth-order valence-corrected chi connectivity index (χ4v) is 2.22. The standard InChI is InChI=1S/C15H20ClN3O2/c1-3-21-10-4-7-17-15-18-8-9-19(15)12-5-6-14(20-2)13(16)11-12/h5-6,8-9,11H,3-4,7,10H2,1-2H3,(H,17,18). The van der Waals surface area contributed by atoms with Gasteiger partial charge in [0, 0.05) is 32.2 Å². The summed E-state index contributed by atoms with van der Waals surface area (Å²) in [6, 6.07) is 5.64. The van der Waals surface area contributed by atoms with Gasteiger partial charge in [-0.1, -0.05) is 11.6 Å². The highest BCUT2D eigenvalue weighted by molar-refractivity contribution is 6.32. The van der Waals surface area contributed by atoms with E-state index in [1.54, 1.807) is 13.3 Å². The summed E-state index contributed by atoms with van der Waals surface area (Å²) < 4.78 is 12.4. The van der Waals surface area contributed by atoms with Gasteiger partial charge in [-0.25, -0.2) is 4.98 Å². The van der Waals surface area contributed by atoms with Crippen LogP contribution in [0, 0.1) is 0 Å². The summed E-state index contributed by atoms with van der Waals surface area (Å²) in [5, 5.41) is 3.87. The van der Waals surface area contributed by atoms with Crippen LogP contribution in [0.3, 0.4) is 0 Å². The van der Waals surface area contributed by atoms with Gasteiger partial charge in [-0.15, -0.1) is 0 Å². The number of hydrogen-bond donors (Lipinski definition) is 1. The van der Waals surface area contributed by atoms with Crippen LogP contribution in [0.4, 0.5) is 5.95 Å². The first-order valence-electron chi connectivity index (χ1n) is 6.95. The number of ether oxygens (including phenoxy) is 2. The Morgan fingerprint density at radius 1 is 1.38 bits per heavy atom. The number of halogens is 1. The van der Waals surface area contributed by atoms with Crippen LogP contribution in [0.25, 0.3) is 5.69 Å². The summed E-state index contributed by atoms with van der Waals surface area (Å²) in [6.07, 6.45) is 4.58. The van der Waals surface area contributed by atoms with Crippen molar-refractivity contribution >= 4 is 17.5 Å². The lowest BCUT2D eigenvalue weighted by Gasteiger charge is -2.11. The average molecular weight is 310 g/mol. The quantitative estimate of drug-likeness (QED) is 0.760. The zero-order valence-electron chi connectivity index (χ0n) is 12.3. The van der Waals surface area contributed by atoms with Crippen molar-refractivity contribution in [2.24, 2.45) is 0 Å². The molecule has 6 heteroatoms. The van der Waals surface area contributed by atoms with Crippen molar-refractivity contribution in [3.8, 4) is 11.4 Å². The summed E-state index contributed by atoms with van der Waals surface area (Å²) in [4.78, 5) is 4.32. The molecule has 1 aromatic carbocycles.